The first-order valence-electron chi connectivity index (χ1n) is 5.69. The highest BCUT2D eigenvalue weighted by molar-refractivity contribution is 7.90. The maximum Gasteiger partial charge on any atom is 0.175 e. The Kier molecular flexibility index (Phi) is 3.76. The van der Waals surface area contributed by atoms with Gasteiger partial charge in [0.2, 0.25) is 0 Å². The lowest BCUT2D eigenvalue weighted by Gasteiger charge is -2.07. The molecule has 0 aliphatic heterocycles. The van der Waals surface area contributed by atoms with Crippen molar-refractivity contribution in [2.45, 2.75) is 11.3 Å². The molecule has 0 spiro atoms. The second-order valence-electron chi connectivity index (χ2n) is 4.22. The van der Waals surface area contributed by atoms with Crippen LogP contribution in [0, 0.1) is 0 Å². The molecule has 0 amide bonds. The fourth-order valence-electron chi connectivity index (χ4n) is 1.81. The zero-order valence-electron chi connectivity index (χ0n) is 10.4. The fraction of sp³-hybridized carbons (Fsp3) is 0.143. The van der Waals surface area contributed by atoms with E-state index in [1.165, 1.54) is 12.3 Å². The average Bonchev–Trinajstić information content (AvgIpc) is 2.39. The van der Waals surface area contributed by atoms with Gasteiger partial charge in [0, 0.05) is 30.6 Å². The number of nitrogens with zero attached hydrogens (tertiary/aromatic N) is 1. The van der Waals surface area contributed by atoms with E-state index in [9.17, 15) is 13.2 Å². The van der Waals surface area contributed by atoms with E-state index in [0.717, 1.165) is 6.26 Å². The highest BCUT2D eigenvalue weighted by Crippen LogP contribution is 2.17. The van der Waals surface area contributed by atoms with E-state index in [2.05, 4.69) is 4.98 Å². The first kappa shape index (κ1) is 13.4. The Hall–Kier alpha value is -2.01. The lowest BCUT2D eigenvalue weighted by molar-refractivity contribution is 0.0992. The molecule has 19 heavy (non-hydrogen) atoms. The first-order valence-corrected chi connectivity index (χ1v) is 7.59. The Morgan fingerprint density at radius 3 is 2.53 bits per heavy atom. The summed E-state index contributed by atoms with van der Waals surface area (Å²) in [5.74, 6) is -0.149. The van der Waals surface area contributed by atoms with Crippen molar-refractivity contribution < 1.29 is 13.2 Å². The summed E-state index contributed by atoms with van der Waals surface area (Å²) in [6.07, 6.45) is 4.25. The molecule has 4 nitrogen and oxygen atoms in total. The summed E-state index contributed by atoms with van der Waals surface area (Å²) >= 11 is 0. The standard InChI is InChI=1S/C14H13NO3S/c1-19(17,18)14-7-3-2-5-11(14)9-13(16)12-6-4-8-15-10-12/h2-8,10H,9H2,1H3. The summed E-state index contributed by atoms with van der Waals surface area (Å²) in [6, 6.07) is 9.88. The number of Topliss-reactive ketones (excluding diaryl/α,β-unsaturated/α-hetero) is 1. The number of pyridine rings is 1. The molecule has 0 saturated heterocycles. The van der Waals surface area contributed by atoms with Gasteiger partial charge < -0.3 is 0 Å². The van der Waals surface area contributed by atoms with Crippen LogP contribution in [-0.2, 0) is 16.3 Å². The summed E-state index contributed by atoms with van der Waals surface area (Å²) in [7, 11) is -3.33. The lowest BCUT2D eigenvalue weighted by Crippen LogP contribution is -2.08. The van der Waals surface area contributed by atoms with E-state index in [0.29, 0.717) is 11.1 Å². The highest BCUT2D eigenvalue weighted by Gasteiger charge is 2.15. The van der Waals surface area contributed by atoms with Crippen LogP contribution in [0.4, 0.5) is 0 Å². The van der Waals surface area contributed by atoms with Crippen molar-refractivity contribution in [2.75, 3.05) is 6.26 Å². The van der Waals surface area contributed by atoms with Crippen LogP contribution in [0.1, 0.15) is 15.9 Å². The molecule has 0 unspecified atom stereocenters. The summed E-state index contributed by atoms with van der Waals surface area (Å²) in [5, 5.41) is 0. The second kappa shape index (κ2) is 5.32. The molecule has 2 aromatic rings. The van der Waals surface area contributed by atoms with Crippen molar-refractivity contribution in [2.24, 2.45) is 0 Å². The zero-order chi connectivity index (χ0) is 13.9. The van der Waals surface area contributed by atoms with Crippen LogP contribution < -0.4 is 0 Å². The Balaban J connectivity index is 2.33. The smallest absolute Gasteiger partial charge is 0.175 e. The molecular weight excluding hydrogens is 262 g/mol. The molecule has 98 valence electrons. The van der Waals surface area contributed by atoms with Gasteiger partial charge in [-0.15, -0.1) is 0 Å². The number of carbonyl (C=O) groups is 1. The number of carbonyl (C=O) groups excluding carboxylic acids is 1. The molecule has 0 saturated carbocycles. The molecule has 1 aromatic heterocycles. The first-order chi connectivity index (χ1) is 8.98. The predicted molar refractivity (Wildman–Crippen MR) is 71.8 cm³/mol. The van der Waals surface area contributed by atoms with Crippen LogP contribution in [0.25, 0.3) is 0 Å². The number of rotatable bonds is 4. The summed E-state index contributed by atoms with van der Waals surface area (Å²) in [6.45, 7) is 0. The minimum absolute atomic E-state index is 0.0505. The van der Waals surface area contributed by atoms with Gasteiger partial charge in [-0.05, 0) is 23.8 Å². The van der Waals surface area contributed by atoms with Gasteiger partial charge in [0.15, 0.2) is 15.6 Å². The van der Waals surface area contributed by atoms with Gasteiger partial charge in [-0.25, -0.2) is 8.42 Å². The van der Waals surface area contributed by atoms with Gasteiger partial charge in [-0.1, -0.05) is 18.2 Å². The van der Waals surface area contributed by atoms with E-state index in [1.54, 1.807) is 36.5 Å². The fourth-order valence-corrected chi connectivity index (χ4v) is 2.76. The van der Waals surface area contributed by atoms with Crippen LogP contribution in [0.2, 0.25) is 0 Å². The monoisotopic (exact) mass is 275 g/mol. The quantitative estimate of drug-likeness (QED) is 0.800. The molecule has 0 atom stereocenters. The van der Waals surface area contributed by atoms with Crippen LogP contribution in [0.15, 0.2) is 53.7 Å². The molecular formula is C14H13NO3S. The van der Waals surface area contributed by atoms with Crippen molar-refractivity contribution in [3.8, 4) is 0 Å². The Bertz CT molecular complexity index is 694. The van der Waals surface area contributed by atoms with Gasteiger partial charge >= 0.3 is 0 Å². The van der Waals surface area contributed by atoms with Crippen molar-refractivity contribution >= 4 is 15.6 Å². The van der Waals surface area contributed by atoms with Crippen LogP contribution in [0.3, 0.4) is 0 Å². The number of sulfone groups is 1. The molecule has 0 N–H and O–H groups in total. The maximum atomic E-state index is 12.1. The van der Waals surface area contributed by atoms with Crippen molar-refractivity contribution in [3.05, 3.63) is 59.9 Å². The second-order valence-corrected chi connectivity index (χ2v) is 6.21. The molecule has 1 heterocycles. The summed E-state index contributed by atoms with van der Waals surface area (Å²) in [4.78, 5) is 16.1. The van der Waals surface area contributed by atoms with Crippen LogP contribution in [-0.4, -0.2) is 25.4 Å². The van der Waals surface area contributed by atoms with E-state index in [1.807, 2.05) is 0 Å². The summed E-state index contributed by atoms with van der Waals surface area (Å²) in [5.41, 5.74) is 0.990. The molecule has 1 aromatic carbocycles. The normalized spacial score (nSPS) is 11.2. The van der Waals surface area contributed by atoms with Gasteiger partial charge in [-0.2, -0.15) is 0 Å². The molecule has 0 radical (unpaired) electrons. The molecule has 2 rings (SSSR count). The number of aromatic nitrogens is 1. The zero-order valence-corrected chi connectivity index (χ0v) is 11.2. The molecule has 0 fully saturated rings. The third kappa shape index (κ3) is 3.26. The third-order valence-corrected chi connectivity index (χ3v) is 3.90. The number of ketones is 1. The van der Waals surface area contributed by atoms with Crippen molar-refractivity contribution in [3.63, 3.8) is 0 Å². The molecule has 5 heteroatoms. The van der Waals surface area contributed by atoms with Crippen molar-refractivity contribution in [1.29, 1.82) is 0 Å². The lowest BCUT2D eigenvalue weighted by atomic mass is 10.0. The molecule has 0 bridgehead atoms. The van der Waals surface area contributed by atoms with Gasteiger partial charge in [0.1, 0.15) is 0 Å². The van der Waals surface area contributed by atoms with Gasteiger partial charge in [0.25, 0.3) is 0 Å². The third-order valence-electron chi connectivity index (χ3n) is 2.71. The van der Waals surface area contributed by atoms with Crippen LogP contribution >= 0.6 is 0 Å². The number of hydrogen-bond acceptors (Lipinski definition) is 4. The predicted octanol–water partition coefficient (Wildman–Crippen LogP) is 1.91. The number of benzene rings is 1. The molecule has 0 aliphatic carbocycles. The van der Waals surface area contributed by atoms with Crippen molar-refractivity contribution in [1.82, 2.24) is 4.98 Å². The SMILES string of the molecule is CS(=O)(=O)c1ccccc1CC(=O)c1cccnc1. The van der Waals surface area contributed by atoms with E-state index >= 15 is 0 Å². The average molecular weight is 275 g/mol. The minimum atomic E-state index is -3.33. The topological polar surface area (TPSA) is 64.1 Å². The van der Waals surface area contributed by atoms with E-state index in [4.69, 9.17) is 0 Å². The van der Waals surface area contributed by atoms with Gasteiger partial charge in [-0.3, -0.25) is 9.78 Å². The van der Waals surface area contributed by atoms with E-state index in [-0.39, 0.29) is 17.1 Å². The highest BCUT2D eigenvalue weighted by atomic mass is 32.2. The minimum Gasteiger partial charge on any atom is -0.294 e. The Labute approximate surface area is 112 Å². The molecule has 0 aliphatic rings. The van der Waals surface area contributed by atoms with Gasteiger partial charge in [0.05, 0.1) is 4.90 Å². The Morgan fingerprint density at radius 1 is 1.16 bits per heavy atom. The Morgan fingerprint density at radius 2 is 1.89 bits per heavy atom. The largest absolute Gasteiger partial charge is 0.294 e. The van der Waals surface area contributed by atoms with Crippen LogP contribution in [0.5, 0.6) is 0 Å². The maximum absolute atomic E-state index is 12.1. The van der Waals surface area contributed by atoms with E-state index < -0.39 is 9.84 Å². The number of hydrogen-bond donors (Lipinski definition) is 0. The summed E-state index contributed by atoms with van der Waals surface area (Å²) < 4.78 is 23.3.